The molecule has 0 atom stereocenters. The topological polar surface area (TPSA) is 26.9 Å². The van der Waals surface area contributed by atoms with E-state index in [2.05, 4.69) is 0 Å². The average molecular weight is 169 g/mol. The molecule has 0 unspecified atom stereocenters. The second-order valence-corrected chi connectivity index (χ2v) is 3.27. The summed E-state index contributed by atoms with van der Waals surface area (Å²) in [5.74, 6) is 0. The van der Waals surface area contributed by atoms with Crippen molar-refractivity contribution in [3.05, 3.63) is 28.6 Å². The van der Waals surface area contributed by atoms with E-state index < -0.39 is 0 Å². The highest BCUT2D eigenvalue weighted by Gasteiger charge is 2.07. The molecule has 0 aliphatic rings. The first kappa shape index (κ1) is 8.40. The maximum absolute atomic E-state index is 11.3. The van der Waals surface area contributed by atoms with E-state index >= 15 is 0 Å². The van der Waals surface area contributed by atoms with Crippen LogP contribution in [0.2, 0.25) is 0 Å². The number of pyridine rings is 1. The zero-order chi connectivity index (χ0) is 8.43. The fourth-order valence-corrected chi connectivity index (χ4v) is 1.37. The normalized spacial score (nSPS) is 10.1. The molecule has 0 saturated heterocycles. The molecular formula is C8H11NOS. The molecule has 60 valence electrons. The van der Waals surface area contributed by atoms with Gasteiger partial charge in [0.25, 0.3) is 5.03 Å². The lowest BCUT2D eigenvalue weighted by molar-refractivity contribution is -0.652. The zero-order valence-electron chi connectivity index (χ0n) is 6.92. The Hall–Kier alpha value is -0.700. The summed E-state index contributed by atoms with van der Waals surface area (Å²) in [5, 5.41) is 12.1. The van der Waals surface area contributed by atoms with Crippen molar-refractivity contribution in [2.24, 2.45) is 0 Å². The Morgan fingerprint density at radius 3 is 2.55 bits per heavy atom. The van der Waals surface area contributed by atoms with E-state index in [0.717, 1.165) is 21.0 Å². The standard InChI is InChI=1S/C8H11NOS/c1-6-4-5-8(11-3)9(10)7(6)2/h4-5H,1-3H3. The monoisotopic (exact) mass is 169 g/mol. The van der Waals surface area contributed by atoms with Crippen LogP contribution in [0.15, 0.2) is 17.2 Å². The van der Waals surface area contributed by atoms with Crippen molar-refractivity contribution in [3.8, 4) is 0 Å². The van der Waals surface area contributed by atoms with Crippen LogP contribution >= 0.6 is 11.8 Å². The van der Waals surface area contributed by atoms with Gasteiger partial charge in [-0.25, -0.2) is 0 Å². The Bertz CT molecular complexity index is 273. The van der Waals surface area contributed by atoms with E-state index in [9.17, 15) is 5.21 Å². The summed E-state index contributed by atoms with van der Waals surface area (Å²) in [4.78, 5) is 0. The highest BCUT2D eigenvalue weighted by atomic mass is 32.2. The van der Waals surface area contributed by atoms with Crippen LogP contribution in [-0.4, -0.2) is 6.26 Å². The molecule has 0 bridgehead atoms. The fraction of sp³-hybridized carbons (Fsp3) is 0.375. The van der Waals surface area contributed by atoms with Crippen LogP contribution in [0, 0.1) is 19.1 Å². The van der Waals surface area contributed by atoms with E-state index in [1.165, 1.54) is 11.8 Å². The van der Waals surface area contributed by atoms with E-state index in [1.54, 1.807) is 0 Å². The number of aryl methyl sites for hydroxylation is 1. The smallest absolute Gasteiger partial charge is 0.251 e. The average Bonchev–Trinajstić information content (AvgIpc) is 2.01. The van der Waals surface area contributed by atoms with Gasteiger partial charge in [0, 0.05) is 18.6 Å². The predicted octanol–water partition coefficient (Wildman–Crippen LogP) is 1.66. The molecule has 0 radical (unpaired) electrons. The number of thioether (sulfide) groups is 1. The van der Waals surface area contributed by atoms with Crippen LogP contribution in [0.3, 0.4) is 0 Å². The molecule has 11 heavy (non-hydrogen) atoms. The quantitative estimate of drug-likeness (QED) is 0.363. The van der Waals surface area contributed by atoms with Gasteiger partial charge in [-0.05, 0) is 19.2 Å². The van der Waals surface area contributed by atoms with Gasteiger partial charge in [-0.2, -0.15) is 4.73 Å². The molecule has 0 fully saturated rings. The van der Waals surface area contributed by atoms with Crippen LogP contribution in [0.1, 0.15) is 11.3 Å². The third-order valence-electron chi connectivity index (χ3n) is 1.76. The fourth-order valence-electron chi connectivity index (χ4n) is 0.861. The van der Waals surface area contributed by atoms with E-state index in [4.69, 9.17) is 0 Å². The van der Waals surface area contributed by atoms with E-state index in [0.29, 0.717) is 0 Å². The summed E-state index contributed by atoms with van der Waals surface area (Å²) in [6.45, 7) is 3.77. The first-order valence-electron chi connectivity index (χ1n) is 3.40. The van der Waals surface area contributed by atoms with Gasteiger partial charge in [-0.15, -0.1) is 0 Å². The first-order chi connectivity index (χ1) is 5.16. The van der Waals surface area contributed by atoms with Crippen LogP contribution in [0.25, 0.3) is 0 Å². The van der Waals surface area contributed by atoms with Crippen molar-refractivity contribution >= 4 is 11.8 Å². The SMILES string of the molecule is CSc1ccc(C)c(C)[n+]1[O-]. The van der Waals surface area contributed by atoms with Crippen molar-refractivity contribution in [1.29, 1.82) is 0 Å². The molecule has 0 aliphatic carbocycles. The largest absolute Gasteiger partial charge is 0.618 e. The maximum atomic E-state index is 11.3. The molecule has 2 nitrogen and oxygen atoms in total. The van der Waals surface area contributed by atoms with Gasteiger partial charge in [0.05, 0.1) is 0 Å². The zero-order valence-corrected chi connectivity index (χ0v) is 7.73. The van der Waals surface area contributed by atoms with Crippen LogP contribution < -0.4 is 4.73 Å². The van der Waals surface area contributed by atoms with Gasteiger partial charge >= 0.3 is 0 Å². The molecule has 0 saturated carbocycles. The molecule has 0 N–H and O–H groups in total. The minimum atomic E-state index is 0.758. The Morgan fingerprint density at radius 1 is 1.36 bits per heavy atom. The Balaban J connectivity index is 3.25. The maximum Gasteiger partial charge on any atom is 0.251 e. The molecule has 1 aromatic rings. The highest BCUT2D eigenvalue weighted by molar-refractivity contribution is 7.98. The van der Waals surface area contributed by atoms with Gasteiger partial charge in [0.1, 0.15) is 0 Å². The Labute approximate surface area is 70.8 Å². The summed E-state index contributed by atoms with van der Waals surface area (Å²) in [7, 11) is 0. The first-order valence-corrected chi connectivity index (χ1v) is 4.63. The number of nitrogens with zero attached hydrogens (tertiary/aromatic N) is 1. The predicted molar refractivity (Wildman–Crippen MR) is 46.7 cm³/mol. The van der Waals surface area contributed by atoms with Crippen molar-refractivity contribution < 1.29 is 4.73 Å². The molecule has 0 spiro atoms. The molecule has 1 rings (SSSR count). The van der Waals surface area contributed by atoms with Crippen molar-refractivity contribution in [2.75, 3.05) is 6.26 Å². The minimum Gasteiger partial charge on any atom is -0.618 e. The summed E-state index contributed by atoms with van der Waals surface area (Å²) >= 11 is 1.47. The van der Waals surface area contributed by atoms with Crippen molar-refractivity contribution in [1.82, 2.24) is 0 Å². The molecule has 0 aromatic carbocycles. The molecule has 0 amide bonds. The van der Waals surface area contributed by atoms with Gasteiger partial charge < -0.3 is 5.21 Å². The van der Waals surface area contributed by atoms with Gasteiger partial charge in [0.15, 0.2) is 5.69 Å². The Kier molecular flexibility index (Phi) is 2.39. The molecule has 3 heteroatoms. The Morgan fingerprint density at radius 2 is 2.00 bits per heavy atom. The number of hydrogen-bond acceptors (Lipinski definition) is 2. The lowest BCUT2D eigenvalue weighted by Crippen LogP contribution is -2.33. The second-order valence-electron chi connectivity index (χ2n) is 2.44. The van der Waals surface area contributed by atoms with Crippen LogP contribution in [0.4, 0.5) is 0 Å². The number of hydrogen-bond donors (Lipinski definition) is 0. The molecule has 1 aromatic heterocycles. The second kappa shape index (κ2) is 3.13. The third-order valence-corrected chi connectivity index (χ3v) is 2.48. The van der Waals surface area contributed by atoms with Crippen LogP contribution in [0.5, 0.6) is 0 Å². The summed E-state index contributed by atoms with van der Waals surface area (Å²) < 4.78 is 0.972. The van der Waals surface area contributed by atoms with E-state index in [1.807, 2.05) is 32.2 Å². The van der Waals surface area contributed by atoms with Gasteiger partial charge in [-0.3, -0.25) is 0 Å². The highest BCUT2D eigenvalue weighted by Crippen LogP contribution is 2.11. The number of aromatic nitrogens is 1. The van der Waals surface area contributed by atoms with Crippen molar-refractivity contribution in [3.63, 3.8) is 0 Å². The summed E-state index contributed by atoms with van der Waals surface area (Å²) in [5.41, 5.74) is 1.83. The van der Waals surface area contributed by atoms with Crippen molar-refractivity contribution in [2.45, 2.75) is 18.9 Å². The lowest BCUT2D eigenvalue weighted by Gasteiger charge is -2.05. The van der Waals surface area contributed by atoms with E-state index in [-0.39, 0.29) is 0 Å². The van der Waals surface area contributed by atoms with Gasteiger partial charge in [-0.1, -0.05) is 11.8 Å². The molecule has 0 aliphatic heterocycles. The number of rotatable bonds is 1. The van der Waals surface area contributed by atoms with Gasteiger partial charge in [0.2, 0.25) is 0 Å². The third kappa shape index (κ3) is 1.48. The minimum absolute atomic E-state index is 0.758. The lowest BCUT2D eigenvalue weighted by atomic mass is 10.2. The molecular weight excluding hydrogens is 158 g/mol. The molecule has 1 heterocycles. The summed E-state index contributed by atoms with van der Waals surface area (Å²) in [6, 6.07) is 3.82. The van der Waals surface area contributed by atoms with Crippen LogP contribution in [-0.2, 0) is 0 Å². The summed E-state index contributed by atoms with van der Waals surface area (Å²) in [6.07, 6.45) is 1.90.